The van der Waals surface area contributed by atoms with E-state index in [0.717, 1.165) is 69.8 Å². The van der Waals surface area contributed by atoms with E-state index < -0.39 is 0 Å². The predicted octanol–water partition coefficient (Wildman–Crippen LogP) is 8.27. The molecule has 2 aliphatic heterocycles. The fourth-order valence-electron chi connectivity index (χ4n) is 6.55. The normalized spacial score (nSPS) is 16.4. The summed E-state index contributed by atoms with van der Waals surface area (Å²) < 4.78 is 2.38. The molecule has 4 rings (SSSR count). The van der Waals surface area contributed by atoms with Gasteiger partial charge in [-0.15, -0.1) is 0 Å². The second-order valence-corrected chi connectivity index (χ2v) is 14.6. The first-order valence-electron chi connectivity index (χ1n) is 17.8. The number of carbonyl (C=O) groups is 1. The fourth-order valence-corrected chi connectivity index (χ4v) is 7.84. The molecule has 1 aromatic heterocycles. The van der Waals surface area contributed by atoms with E-state index in [0.29, 0.717) is 27.9 Å². The lowest BCUT2D eigenvalue weighted by atomic mass is 10.0. The first-order chi connectivity index (χ1) is 22.9. The largest absolute Gasteiger partial charge is 0.355 e. The number of hydrogen-bond donors (Lipinski definition) is 0. The number of thioether (sulfide) groups is 1. The minimum atomic E-state index is -0.245. The molecule has 2 fully saturated rings. The van der Waals surface area contributed by atoms with Crippen molar-refractivity contribution in [3.05, 3.63) is 67.8 Å². The molecule has 2 aromatic rings. The van der Waals surface area contributed by atoms with Crippen LogP contribution in [0.15, 0.2) is 40.0 Å². The number of amides is 1. The monoisotopic (exact) mass is 675 g/mol. The first kappa shape index (κ1) is 36.9. The van der Waals surface area contributed by atoms with Crippen LogP contribution in [0, 0.1) is 18.3 Å². The lowest BCUT2D eigenvalue weighted by Crippen LogP contribution is -2.48. The lowest BCUT2D eigenvalue weighted by molar-refractivity contribution is -0.122. The van der Waals surface area contributed by atoms with Crippen molar-refractivity contribution >= 4 is 46.1 Å². The van der Waals surface area contributed by atoms with Crippen LogP contribution in [0.1, 0.15) is 113 Å². The lowest BCUT2D eigenvalue weighted by Gasteiger charge is -2.38. The molecule has 0 radical (unpaired) electrons. The number of rotatable bonds is 18. The molecule has 7 nitrogen and oxygen atoms in total. The SMILES string of the molecule is CCCCCCCCCCCCN1C(=O)/C(=C/c2c(C)c(C#N)c(=O)n(CCCC)c2N2CCN(Cc3ccccc3)CC2)SC1=S. The Morgan fingerprint density at radius 3 is 2.09 bits per heavy atom. The minimum absolute atomic E-state index is 0.0706. The highest BCUT2D eigenvalue weighted by molar-refractivity contribution is 8.26. The third-order valence-corrected chi connectivity index (χ3v) is 10.8. The van der Waals surface area contributed by atoms with Crippen LogP contribution < -0.4 is 10.5 Å². The average molecular weight is 676 g/mol. The van der Waals surface area contributed by atoms with Crippen molar-refractivity contribution in [2.45, 2.75) is 111 Å². The Balaban J connectivity index is 1.50. The second kappa shape index (κ2) is 19.2. The van der Waals surface area contributed by atoms with Gasteiger partial charge in [0.15, 0.2) is 0 Å². The van der Waals surface area contributed by atoms with Crippen molar-refractivity contribution in [2.75, 3.05) is 37.6 Å². The molecule has 0 N–H and O–H groups in total. The van der Waals surface area contributed by atoms with E-state index >= 15 is 0 Å². The summed E-state index contributed by atoms with van der Waals surface area (Å²) in [6, 6.07) is 12.7. The molecule has 1 amide bonds. The Morgan fingerprint density at radius 2 is 1.47 bits per heavy atom. The molecule has 9 heteroatoms. The summed E-state index contributed by atoms with van der Waals surface area (Å²) in [6.07, 6.45) is 16.1. The third-order valence-electron chi connectivity index (χ3n) is 9.39. The van der Waals surface area contributed by atoms with E-state index in [4.69, 9.17) is 12.2 Å². The van der Waals surface area contributed by atoms with Gasteiger partial charge in [-0.25, -0.2) is 0 Å². The van der Waals surface area contributed by atoms with Gasteiger partial charge in [-0.3, -0.25) is 24.0 Å². The van der Waals surface area contributed by atoms with Crippen LogP contribution >= 0.6 is 24.0 Å². The number of pyridine rings is 1. The van der Waals surface area contributed by atoms with Gasteiger partial charge in [-0.1, -0.05) is 132 Å². The van der Waals surface area contributed by atoms with E-state index in [1.807, 2.05) is 19.1 Å². The van der Waals surface area contributed by atoms with E-state index in [2.05, 4.69) is 54.0 Å². The molecule has 3 heterocycles. The van der Waals surface area contributed by atoms with Gasteiger partial charge in [-0.2, -0.15) is 5.26 Å². The zero-order valence-electron chi connectivity index (χ0n) is 28.8. The van der Waals surface area contributed by atoms with Gasteiger partial charge in [-0.05, 0) is 37.0 Å². The number of nitriles is 1. The van der Waals surface area contributed by atoms with Crippen LogP contribution in [0.3, 0.4) is 0 Å². The fraction of sp³-hybridized carbons (Fsp3) is 0.579. The number of nitrogens with zero attached hydrogens (tertiary/aromatic N) is 5. The molecule has 0 spiro atoms. The Labute approximate surface area is 292 Å². The Bertz CT molecular complexity index is 1470. The summed E-state index contributed by atoms with van der Waals surface area (Å²) >= 11 is 7.03. The maximum absolute atomic E-state index is 13.7. The van der Waals surface area contributed by atoms with Crippen LogP contribution in [-0.4, -0.2) is 57.3 Å². The standard InChI is InChI=1S/C38H53N5O2S2/c1-4-6-8-9-10-11-12-13-14-18-22-43-37(45)34(47-38(43)46)27-32-30(3)33(28-39)36(44)42(21-7-5-2)35(32)41-25-23-40(24-26-41)29-31-19-16-15-17-20-31/h15-17,19-20,27H,4-14,18,21-26,29H2,1-3H3/b34-27-. The molecule has 2 saturated heterocycles. The van der Waals surface area contributed by atoms with E-state index in [1.54, 1.807) is 9.47 Å². The summed E-state index contributed by atoms with van der Waals surface area (Å²) in [5.74, 6) is 0.748. The van der Waals surface area contributed by atoms with Gasteiger partial charge in [0.2, 0.25) is 0 Å². The maximum atomic E-state index is 13.7. The van der Waals surface area contributed by atoms with Gasteiger partial charge < -0.3 is 4.90 Å². The van der Waals surface area contributed by atoms with Gasteiger partial charge in [0.25, 0.3) is 11.5 Å². The van der Waals surface area contributed by atoms with Crippen LogP contribution in [-0.2, 0) is 17.9 Å². The average Bonchev–Trinajstić information content (AvgIpc) is 3.34. The van der Waals surface area contributed by atoms with Crippen LogP contribution in [0.2, 0.25) is 0 Å². The number of piperazine rings is 1. The Hall–Kier alpha value is -2.93. The molecule has 1 aromatic carbocycles. The molecule has 0 unspecified atom stereocenters. The summed E-state index contributed by atoms with van der Waals surface area (Å²) in [7, 11) is 0. The van der Waals surface area contributed by atoms with Crippen molar-refractivity contribution in [3.8, 4) is 6.07 Å². The number of unbranched alkanes of at least 4 members (excludes halogenated alkanes) is 10. The van der Waals surface area contributed by atoms with Crippen molar-refractivity contribution < 1.29 is 4.79 Å². The number of thiocarbonyl (C=S) groups is 1. The summed E-state index contributed by atoms with van der Waals surface area (Å²) in [5, 5.41) is 10.1. The molecular formula is C38H53N5O2S2. The summed E-state index contributed by atoms with van der Waals surface area (Å²) in [6.45, 7) is 11.5. The second-order valence-electron chi connectivity index (χ2n) is 12.9. The first-order valence-corrected chi connectivity index (χ1v) is 19.1. The quantitative estimate of drug-likeness (QED) is 0.0895. The molecule has 2 aliphatic rings. The summed E-state index contributed by atoms with van der Waals surface area (Å²) in [4.78, 5) is 34.4. The van der Waals surface area contributed by atoms with Crippen LogP contribution in [0.5, 0.6) is 0 Å². The smallest absolute Gasteiger partial charge is 0.270 e. The molecule has 0 bridgehead atoms. The van der Waals surface area contributed by atoms with Gasteiger partial charge in [0.1, 0.15) is 21.8 Å². The maximum Gasteiger partial charge on any atom is 0.270 e. The van der Waals surface area contributed by atoms with Gasteiger partial charge in [0, 0.05) is 51.4 Å². The van der Waals surface area contributed by atoms with E-state index in [9.17, 15) is 14.9 Å². The van der Waals surface area contributed by atoms with Crippen molar-refractivity contribution in [1.82, 2.24) is 14.4 Å². The van der Waals surface area contributed by atoms with Crippen LogP contribution in [0.4, 0.5) is 5.82 Å². The number of hydrogen-bond acceptors (Lipinski definition) is 7. The molecule has 254 valence electrons. The molecular weight excluding hydrogens is 623 g/mol. The van der Waals surface area contributed by atoms with Gasteiger partial charge >= 0.3 is 0 Å². The molecule has 47 heavy (non-hydrogen) atoms. The zero-order valence-corrected chi connectivity index (χ0v) is 30.4. The van der Waals surface area contributed by atoms with E-state index in [-0.39, 0.29) is 17.0 Å². The molecule has 0 atom stereocenters. The van der Waals surface area contributed by atoms with Crippen molar-refractivity contribution in [3.63, 3.8) is 0 Å². The molecule has 0 saturated carbocycles. The van der Waals surface area contributed by atoms with Crippen molar-refractivity contribution in [2.24, 2.45) is 0 Å². The van der Waals surface area contributed by atoms with E-state index in [1.165, 1.54) is 68.7 Å². The Morgan fingerprint density at radius 1 is 0.851 bits per heavy atom. The third kappa shape index (κ3) is 10.0. The highest BCUT2D eigenvalue weighted by Gasteiger charge is 2.33. The number of benzene rings is 1. The highest BCUT2D eigenvalue weighted by Crippen LogP contribution is 2.36. The highest BCUT2D eigenvalue weighted by atomic mass is 32.2. The van der Waals surface area contributed by atoms with Gasteiger partial charge in [0.05, 0.1) is 4.91 Å². The van der Waals surface area contributed by atoms with Crippen LogP contribution in [0.25, 0.3) is 6.08 Å². The Kier molecular flexibility index (Phi) is 15.0. The zero-order chi connectivity index (χ0) is 33.6. The van der Waals surface area contributed by atoms with Crippen molar-refractivity contribution in [1.29, 1.82) is 5.26 Å². The number of anilines is 1. The summed E-state index contributed by atoms with van der Waals surface area (Å²) in [5.41, 5.74) is 2.61. The topological polar surface area (TPSA) is 72.6 Å². The molecule has 0 aliphatic carbocycles. The minimum Gasteiger partial charge on any atom is -0.355 e. The predicted molar refractivity (Wildman–Crippen MR) is 201 cm³/mol. The number of carbonyl (C=O) groups excluding carboxylic acids is 1. The number of aromatic nitrogens is 1.